The molecule has 1 heterocycles. The average molecular weight is 354 g/mol. The Bertz CT molecular complexity index is 456. The molecule has 1 atom stereocenters. The van der Waals surface area contributed by atoms with Gasteiger partial charge in [-0.1, -0.05) is 33.1 Å². The van der Waals surface area contributed by atoms with E-state index in [1.54, 1.807) is 12.1 Å². The SMILES string of the molecule is CCCC[C@@H](CC)CNS(=O)(=O)c1ccc(Br)s1. The molecule has 0 unspecified atom stereocenters. The van der Waals surface area contributed by atoms with Crippen molar-refractivity contribution in [2.75, 3.05) is 6.54 Å². The van der Waals surface area contributed by atoms with Crippen molar-refractivity contribution < 1.29 is 8.42 Å². The molecule has 0 aliphatic carbocycles. The number of unbranched alkanes of at least 4 members (excludes halogenated alkanes) is 1. The van der Waals surface area contributed by atoms with Gasteiger partial charge in [0.25, 0.3) is 0 Å². The summed E-state index contributed by atoms with van der Waals surface area (Å²) in [5.74, 6) is 0.433. The molecule has 0 fully saturated rings. The lowest BCUT2D eigenvalue weighted by Crippen LogP contribution is -2.28. The van der Waals surface area contributed by atoms with Crippen LogP contribution in [0.25, 0.3) is 0 Å². The minimum atomic E-state index is -3.33. The number of rotatable bonds is 8. The summed E-state index contributed by atoms with van der Waals surface area (Å²) >= 11 is 4.52. The summed E-state index contributed by atoms with van der Waals surface area (Å²) in [5.41, 5.74) is 0. The number of hydrogen-bond acceptors (Lipinski definition) is 3. The Morgan fingerprint density at radius 1 is 1.39 bits per heavy atom. The van der Waals surface area contributed by atoms with E-state index < -0.39 is 10.0 Å². The van der Waals surface area contributed by atoms with Gasteiger partial charge in [0.15, 0.2) is 0 Å². The normalized spacial score (nSPS) is 13.7. The van der Waals surface area contributed by atoms with Crippen LogP contribution in [0.2, 0.25) is 0 Å². The Hall–Kier alpha value is 0.0900. The van der Waals surface area contributed by atoms with Gasteiger partial charge in [-0.3, -0.25) is 0 Å². The number of thiophene rings is 1. The van der Waals surface area contributed by atoms with Crippen LogP contribution in [0.4, 0.5) is 0 Å². The molecule has 0 aromatic carbocycles. The van der Waals surface area contributed by atoms with Crippen LogP contribution in [-0.2, 0) is 10.0 Å². The van der Waals surface area contributed by atoms with Crippen LogP contribution in [0.3, 0.4) is 0 Å². The molecule has 0 aliphatic heterocycles. The minimum Gasteiger partial charge on any atom is -0.210 e. The van der Waals surface area contributed by atoms with Gasteiger partial charge in [0.05, 0.1) is 3.79 Å². The Balaban J connectivity index is 2.55. The molecular weight excluding hydrogens is 334 g/mol. The number of nitrogens with one attached hydrogen (secondary N) is 1. The van der Waals surface area contributed by atoms with Crippen LogP contribution >= 0.6 is 27.3 Å². The Labute approximate surface area is 122 Å². The molecule has 0 aliphatic rings. The fourth-order valence-electron chi connectivity index (χ4n) is 1.68. The zero-order valence-electron chi connectivity index (χ0n) is 10.8. The quantitative estimate of drug-likeness (QED) is 0.767. The predicted molar refractivity (Wildman–Crippen MR) is 80.5 cm³/mol. The molecule has 1 N–H and O–H groups in total. The van der Waals surface area contributed by atoms with Gasteiger partial charge in [-0.2, -0.15) is 0 Å². The van der Waals surface area contributed by atoms with Crippen LogP contribution in [0.15, 0.2) is 20.1 Å². The third-order valence-electron chi connectivity index (χ3n) is 2.92. The van der Waals surface area contributed by atoms with Crippen molar-refractivity contribution in [3.63, 3.8) is 0 Å². The van der Waals surface area contributed by atoms with E-state index in [4.69, 9.17) is 0 Å². The van der Waals surface area contributed by atoms with Crippen LogP contribution in [0.1, 0.15) is 39.5 Å². The fourth-order valence-corrected chi connectivity index (χ4v) is 4.85. The second-order valence-corrected chi connectivity index (χ2v) is 8.78. The second-order valence-electron chi connectivity index (χ2n) is 4.33. The van der Waals surface area contributed by atoms with Crippen molar-refractivity contribution >= 4 is 37.3 Å². The average Bonchev–Trinajstić information content (AvgIpc) is 2.77. The van der Waals surface area contributed by atoms with E-state index >= 15 is 0 Å². The van der Waals surface area contributed by atoms with Crippen molar-refractivity contribution in [2.24, 2.45) is 5.92 Å². The van der Waals surface area contributed by atoms with Gasteiger partial charge < -0.3 is 0 Å². The van der Waals surface area contributed by atoms with Gasteiger partial charge >= 0.3 is 0 Å². The maximum absolute atomic E-state index is 12.0. The highest BCUT2D eigenvalue weighted by molar-refractivity contribution is 9.11. The van der Waals surface area contributed by atoms with Crippen molar-refractivity contribution in [3.8, 4) is 0 Å². The minimum absolute atomic E-state index is 0.375. The summed E-state index contributed by atoms with van der Waals surface area (Å²) in [7, 11) is -3.33. The maximum atomic E-state index is 12.0. The first-order chi connectivity index (χ1) is 8.49. The van der Waals surface area contributed by atoms with Crippen LogP contribution in [-0.4, -0.2) is 15.0 Å². The predicted octanol–water partition coefficient (Wildman–Crippen LogP) is 4.01. The molecule has 18 heavy (non-hydrogen) atoms. The first-order valence-corrected chi connectivity index (χ1v) is 9.33. The molecule has 1 aromatic rings. The van der Waals surface area contributed by atoms with Gasteiger partial charge in [0.2, 0.25) is 10.0 Å². The maximum Gasteiger partial charge on any atom is 0.250 e. The van der Waals surface area contributed by atoms with Crippen molar-refractivity contribution in [1.29, 1.82) is 0 Å². The standard InChI is InChI=1S/C12H20BrNO2S2/c1-3-5-6-10(4-2)9-14-18(15,16)12-8-7-11(13)17-12/h7-8,10,14H,3-6,9H2,1-2H3/t10-/m1/s1. The smallest absolute Gasteiger partial charge is 0.210 e. The summed E-state index contributed by atoms with van der Waals surface area (Å²) in [6, 6.07) is 3.39. The van der Waals surface area contributed by atoms with Crippen molar-refractivity contribution in [2.45, 2.75) is 43.7 Å². The van der Waals surface area contributed by atoms with Gasteiger partial charge in [-0.25, -0.2) is 13.1 Å². The van der Waals surface area contributed by atoms with Gasteiger partial charge in [-0.05, 0) is 40.4 Å². The monoisotopic (exact) mass is 353 g/mol. The molecule has 3 nitrogen and oxygen atoms in total. The van der Waals surface area contributed by atoms with Gasteiger partial charge in [-0.15, -0.1) is 11.3 Å². The third kappa shape index (κ3) is 4.99. The molecule has 0 bridgehead atoms. The summed E-state index contributed by atoms with van der Waals surface area (Å²) < 4.78 is 28.0. The molecule has 0 amide bonds. The van der Waals surface area contributed by atoms with E-state index in [-0.39, 0.29) is 0 Å². The lowest BCUT2D eigenvalue weighted by atomic mass is 10.00. The molecule has 0 saturated carbocycles. The summed E-state index contributed by atoms with van der Waals surface area (Å²) in [6.07, 6.45) is 4.41. The molecular formula is C12H20BrNO2S2. The highest BCUT2D eigenvalue weighted by atomic mass is 79.9. The van der Waals surface area contributed by atoms with Crippen molar-refractivity contribution in [1.82, 2.24) is 4.72 Å². The molecule has 0 radical (unpaired) electrons. The first kappa shape index (κ1) is 16.1. The van der Waals surface area contributed by atoms with E-state index in [1.165, 1.54) is 11.3 Å². The van der Waals surface area contributed by atoms with E-state index in [0.717, 1.165) is 29.5 Å². The largest absolute Gasteiger partial charge is 0.250 e. The van der Waals surface area contributed by atoms with Gasteiger partial charge in [0.1, 0.15) is 4.21 Å². The van der Waals surface area contributed by atoms with Crippen LogP contribution < -0.4 is 4.72 Å². The lowest BCUT2D eigenvalue weighted by Gasteiger charge is -2.14. The van der Waals surface area contributed by atoms with E-state index in [0.29, 0.717) is 16.7 Å². The number of halogens is 1. The summed E-state index contributed by atoms with van der Waals surface area (Å²) in [4.78, 5) is 0. The van der Waals surface area contributed by atoms with E-state index in [1.807, 2.05) is 0 Å². The first-order valence-electron chi connectivity index (χ1n) is 6.24. The zero-order chi connectivity index (χ0) is 13.6. The lowest BCUT2D eigenvalue weighted by molar-refractivity contribution is 0.444. The zero-order valence-corrected chi connectivity index (χ0v) is 14.0. The van der Waals surface area contributed by atoms with E-state index in [2.05, 4.69) is 34.5 Å². The molecule has 104 valence electrons. The molecule has 1 aromatic heterocycles. The topological polar surface area (TPSA) is 46.2 Å². The molecule has 0 spiro atoms. The molecule has 1 rings (SSSR count). The Kier molecular flexibility index (Phi) is 6.84. The third-order valence-corrected chi connectivity index (χ3v) is 6.46. The highest BCUT2D eigenvalue weighted by Gasteiger charge is 2.17. The molecule has 0 saturated heterocycles. The number of sulfonamides is 1. The molecule has 6 heteroatoms. The van der Waals surface area contributed by atoms with Crippen LogP contribution in [0.5, 0.6) is 0 Å². The second kappa shape index (κ2) is 7.62. The van der Waals surface area contributed by atoms with E-state index in [9.17, 15) is 8.42 Å². The van der Waals surface area contributed by atoms with Crippen molar-refractivity contribution in [3.05, 3.63) is 15.9 Å². The summed E-state index contributed by atoms with van der Waals surface area (Å²) in [6.45, 7) is 4.80. The Morgan fingerprint density at radius 2 is 2.11 bits per heavy atom. The fraction of sp³-hybridized carbons (Fsp3) is 0.667. The van der Waals surface area contributed by atoms with Crippen LogP contribution in [0, 0.1) is 5.92 Å². The van der Waals surface area contributed by atoms with Gasteiger partial charge in [0, 0.05) is 6.54 Å². The highest BCUT2D eigenvalue weighted by Crippen LogP contribution is 2.26. The Morgan fingerprint density at radius 3 is 2.61 bits per heavy atom. The number of hydrogen-bond donors (Lipinski definition) is 1. The summed E-state index contributed by atoms with van der Waals surface area (Å²) in [5, 5.41) is 0.